The molecule has 0 fully saturated rings. The number of benzene rings is 1. The third kappa shape index (κ3) is 4.37. The van der Waals surface area contributed by atoms with Crippen molar-refractivity contribution in [2.75, 3.05) is 0 Å². The fourth-order valence-electron chi connectivity index (χ4n) is 1.99. The number of nitrogens with one attached hydrogen (secondary N) is 1. The van der Waals surface area contributed by atoms with Crippen LogP contribution in [0.5, 0.6) is 5.75 Å². The molecule has 0 atom stereocenters. The Balaban J connectivity index is 1.62. The highest BCUT2D eigenvalue weighted by atomic mass is 19.4. The van der Waals surface area contributed by atoms with E-state index in [1.54, 1.807) is 13.0 Å². The highest BCUT2D eigenvalue weighted by Gasteiger charge is 2.31. The summed E-state index contributed by atoms with van der Waals surface area (Å²) in [6.45, 7) is 1.58. The van der Waals surface area contributed by atoms with E-state index in [0.717, 1.165) is 12.1 Å². The summed E-state index contributed by atoms with van der Waals surface area (Å²) >= 11 is 0. The van der Waals surface area contributed by atoms with E-state index >= 15 is 0 Å². The Kier molecular flexibility index (Phi) is 4.61. The molecule has 11 heteroatoms. The number of carbonyl (C=O) groups excluding carboxylic acids is 1. The summed E-state index contributed by atoms with van der Waals surface area (Å²) in [6.07, 6.45) is -4.84. The first-order chi connectivity index (χ1) is 12.3. The van der Waals surface area contributed by atoms with E-state index in [-0.39, 0.29) is 23.8 Å². The number of hydrogen-bond donors (Lipinski definition) is 1. The summed E-state index contributed by atoms with van der Waals surface area (Å²) < 4.78 is 50.3. The standard InChI is InChI=1S/C15H11F3N4O4/c1-8-5-11(21-25-8)13-20-12(26-22-13)7-19-14(23)9-3-2-4-10(6-9)24-15(16,17)18/h2-6H,7H2,1H3,(H,19,23). The molecule has 136 valence electrons. The smallest absolute Gasteiger partial charge is 0.406 e. The fraction of sp³-hybridized carbons (Fsp3) is 0.200. The number of carbonyl (C=O) groups is 1. The number of rotatable bonds is 5. The molecule has 1 N–H and O–H groups in total. The molecule has 2 heterocycles. The summed E-state index contributed by atoms with van der Waals surface area (Å²) in [5.74, 6) is -0.273. The summed E-state index contributed by atoms with van der Waals surface area (Å²) in [5, 5.41) is 9.89. The molecule has 2 aromatic heterocycles. The van der Waals surface area contributed by atoms with Gasteiger partial charge in [0.25, 0.3) is 5.91 Å². The van der Waals surface area contributed by atoms with E-state index in [1.807, 2.05) is 0 Å². The van der Waals surface area contributed by atoms with Crippen LogP contribution in [-0.2, 0) is 6.54 Å². The molecule has 0 radical (unpaired) electrons. The Labute approximate surface area is 143 Å². The average Bonchev–Trinajstić information content (AvgIpc) is 3.20. The molecular formula is C15H11F3N4O4. The lowest BCUT2D eigenvalue weighted by Gasteiger charge is -2.09. The monoisotopic (exact) mass is 368 g/mol. The lowest BCUT2D eigenvalue weighted by molar-refractivity contribution is -0.274. The van der Waals surface area contributed by atoms with Gasteiger partial charge >= 0.3 is 6.36 Å². The molecule has 1 amide bonds. The maximum atomic E-state index is 12.2. The molecule has 0 spiro atoms. The van der Waals surface area contributed by atoms with Crippen LogP contribution in [0.4, 0.5) is 13.2 Å². The van der Waals surface area contributed by atoms with Gasteiger partial charge in [-0.3, -0.25) is 4.79 Å². The van der Waals surface area contributed by atoms with Gasteiger partial charge in [0.1, 0.15) is 11.5 Å². The molecule has 26 heavy (non-hydrogen) atoms. The lowest BCUT2D eigenvalue weighted by Crippen LogP contribution is -2.23. The maximum absolute atomic E-state index is 12.2. The fourth-order valence-corrected chi connectivity index (χ4v) is 1.99. The van der Waals surface area contributed by atoms with Crippen molar-refractivity contribution in [2.24, 2.45) is 0 Å². The number of halogens is 3. The molecule has 3 rings (SSSR count). The van der Waals surface area contributed by atoms with E-state index in [2.05, 4.69) is 25.4 Å². The molecule has 0 saturated carbocycles. The van der Waals surface area contributed by atoms with Crippen LogP contribution in [0.25, 0.3) is 11.5 Å². The molecular weight excluding hydrogens is 357 g/mol. The van der Waals surface area contributed by atoms with Gasteiger partial charge in [0.2, 0.25) is 11.7 Å². The average molecular weight is 368 g/mol. The summed E-state index contributed by atoms with van der Waals surface area (Å²) in [6, 6.07) is 6.29. The van der Waals surface area contributed by atoms with Gasteiger partial charge in [-0.05, 0) is 25.1 Å². The lowest BCUT2D eigenvalue weighted by atomic mass is 10.2. The molecule has 0 aliphatic carbocycles. The second-order valence-electron chi connectivity index (χ2n) is 5.09. The van der Waals surface area contributed by atoms with E-state index in [0.29, 0.717) is 11.5 Å². The van der Waals surface area contributed by atoms with Gasteiger partial charge in [-0.15, -0.1) is 13.2 Å². The van der Waals surface area contributed by atoms with Crippen LogP contribution >= 0.6 is 0 Å². The first kappa shape index (κ1) is 17.5. The number of amides is 1. The topological polar surface area (TPSA) is 103 Å². The van der Waals surface area contributed by atoms with Gasteiger partial charge in [-0.2, -0.15) is 4.98 Å². The van der Waals surface area contributed by atoms with Crippen LogP contribution < -0.4 is 10.1 Å². The minimum absolute atomic E-state index is 0.0152. The van der Waals surface area contributed by atoms with Crippen LogP contribution in [0, 0.1) is 6.92 Å². The van der Waals surface area contributed by atoms with Crippen molar-refractivity contribution < 1.29 is 31.7 Å². The van der Waals surface area contributed by atoms with E-state index in [4.69, 9.17) is 9.05 Å². The number of aryl methyl sites for hydroxylation is 1. The zero-order valence-electron chi connectivity index (χ0n) is 13.2. The van der Waals surface area contributed by atoms with Gasteiger partial charge in [0.15, 0.2) is 5.69 Å². The van der Waals surface area contributed by atoms with Crippen molar-refractivity contribution in [2.45, 2.75) is 19.8 Å². The van der Waals surface area contributed by atoms with Crippen molar-refractivity contribution in [1.29, 1.82) is 0 Å². The Bertz CT molecular complexity index is 920. The second-order valence-corrected chi connectivity index (χ2v) is 5.09. The number of ether oxygens (including phenoxy) is 1. The molecule has 0 aliphatic heterocycles. The van der Waals surface area contributed by atoms with Crippen molar-refractivity contribution in [3.63, 3.8) is 0 Å². The summed E-state index contributed by atoms with van der Waals surface area (Å²) in [5.41, 5.74) is 0.361. The van der Waals surface area contributed by atoms with Crippen molar-refractivity contribution >= 4 is 5.91 Å². The van der Waals surface area contributed by atoms with Crippen molar-refractivity contribution in [3.05, 3.63) is 47.5 Å². The zero-order chi connectivity index (χ0) is 18.7. The number of aromatic nitrogens is 3. The van der Waals surface area contributed by atoms with E-state index in [9.17, 15) is 18.0 Å². The highest BCUT2D eigenvalue weighted by Crippen LogP contribution is 2.23. The normalized spacial score (nSPS) is 11.4. The molecule has 0 unspecified atom stereocenters. The van der Waals surface area contributed by atoms with Crippen molar-refractivity contribution in [3.8, 4) is 17.3 Å². The highest BCUT2D eigenvalue weighted by molar-refractivity contribution is 5.94. The first-order valence-electron chi connectivity index (χ1n) is 7.20. The Morgan fingerprint density at radius 1 is 1.23 bits per heavy atom. The molecule has 1 aromatic carbocycles. The maximum Gasteiger partial charge on any atom is 0.573 e. The second kappa shape index (κ2) is 6.86. The predicted octanol–water partition coefficient (Wildman–Crippen LogP) is 2.86. The minimum Gasteiger partial charge on any atom is -0.406 e. The number of nitrogens with zero attached hydrogens (tertiary/aromatic N) is 3. The minimum atomic E-state index is -4.84. The van der Waals surface area contributed by atoms with Crippen LogP contribution in [0.1, 0.15) is 22.0 Å². The Hall–Kier alpha value is -3.37. The van der Waals surface area contributed by atoms with Gasteiger partial charge in [-0.1, -0.05) is 16.4 Å². The van der Waals surface area contributed by atoms with Crippen molar-refractivity contribution in [1.82, 2.24) is 20.6 Å². The van der Waals surface area contributed by atoms with Crippen LogP contribution in [0.3, 0.4) is 0 Å². The van der Waals surface area contributed by atoms with Crippen LogP contribution in [0.2, 0.25) is 0 Å². The molecule has 8 nitrogen and oxygen atoms in total. The zero-order valence-corrected chi connectivity index (χ0v) is 13.2. The predicted molar refractivity (Wildman–Crippen MR) is 78.8 cm³/mol. The molecule has 0 bridgehead atoms. The third-order valence-electron chi connectivity index (χ3n) is 3.06. The SMILES string of the molecule is Cc1cc(-c2noc(CNC(=O)c3cccc(OC(F)(F)F)c3)n2)no1. The van der Waals surface area contributed by atoms with E-state index < -0.39 is 18.0 Å². The van der Waals surface area contributed by atoms with Crippen LogP contribution in [-0.4, -0.2) is 27.6 Å². The largest absolute Gasteiger partial charge is 0.573 e. The Morgan fingerprint density at radius 2 is 2.04 bits per heavy atom. The molecule has 0 aliphatic rings. The summed E-state index contributed by atoms with van der Waals surface area (Å²) in [4.78, 5) is 16.1. The number of alkyl halides is 3. The van der Waals surface area contributed by atoms with Gasteiger partial charge in [-0.25, -0.2) is 0 Å². The molecule has 0 saturated heterocycles. The first-order valence-corrected chi connectivity index (χ1v) is 7.20. The molecule has 3 aromatic rings. The van der Waals surface area contributed by atoms with Crippen LogP contribution in [0.15, 0.2) is 39.4 Å². The number of hydrogen-bond acceptors (Lipinski definition) is 7. The third-order valence-corrected chi connectivity index (χ3v) is 3.06. The van der Waals surface area contributed by atoms with Gasteiger partial charge in [0, 0.05) is 11.6 Å². The summed E-state index contributed by atoms with van der Waals surface area (Å²) in [7, 11) is 0. The van der Waals surface area contributed by atoms with Gasteiger partial charge < -0.3 is 19.1 Å². The quantitative estimate of drug-likeness (QED) is 0.738. The Morgan fingerprint density at radius 3 is 2.73 bits per heavy atom. The van der Waals surface area contributed by atoms with Gasteiger partial charge in [0.05, 0.1) is 6.54 Å². The van der Waals surface area contributed by atoms with E-state index in [1.165, 1.54) is 12.1 Å².